The number of carbonyl (C=O) groups excluding carboxylic acids is 1. The number of hydrogen-bond donors (Lipinski definition) is 1. The van der Waals surface area contributed by atoms with Crippen LogP contribution in [0.3, 0.4) is 0 Å². The highest BCUT2D eigenvalue weighted by Gasteiger charge is 2.09. The average Bonchev–Trinajstić information content (AvgIpc) is 2.63. The number of nitrogens with zero attached hydrogens (tertiary/aromatic N) is 2. The van der Waals surface area contributed by atoms with Crippen LogP contribution >= 0.6 is 0 Å². The maximum absolute atomic E-state index is 11.7. The van der Waals surface area contributed by atoms with Gasteiger partial charge in [-0.3, -0.25) is 4.79 Å². The van der Waals surface area contributed by atoms with Gasteiger partial charge >= 0.3 is 0 Å². The maximum atomic E-state index is 11.7. The molecule has 0 fully saturated rings. The van der Waals surface area contributed by atoms with Gasteiger partial charge in [-0.2, -0.15) is 0 Å². The second kappa shape index (κ2) is 5.53. The van der Waals surface area contributed by atoms with Crippen molar-refractivity contribution >= 4 is 5.91 Å². The van der Waals surface area contributed by atoms with E-state index in [2.05, 4.69) is 16.2 Å². The van der Waals surface area contributed by atoms with Gasteiger partial charge in [0.05, 0.1) is 0 Å². The molecule has 4 nitrogen and oxygen atoms in total. The summed E-state index contributed by atoms with van der Waals surface area (Å²) in [4.78, 5) is 20.5. The number of aryl methyl sites for hydroxylation is 2. The number of rotatable bonds is 5. The average molecular weight is 208 g/mol. The Morgan fingerprint density at radius 2 is 2.13 bits per heavy atom. The standard InChI is InChI=1S/C11H18N3O/c1-4-14(5-2)11(15)7-6-10-8-12-9(3)13-10/h4-7H2,1-3H3,(H,12,13). The molecule has 0 aliphatic heterocycles. The first-order valence-corrected chi connectivity index (χ1v) is 5.38. The first-order chi connectivity index (χ1) is 7.17. The monoisotopic (exact) mass is 208 g/mol. The summed E-state index contributed by atoms with van der Waals surface area (Å²) in [6.07, 6.45) is 4.08. The number of nitrogens with one attached hydrogen (secondary N) is 1. The van der Waals surface area contributed by atoms with E-state index >= 15 is 0 Å². The minimum Gasteiger partial charge on any atom is -0.346 e. The summed E-state index contributed by atoms with van der Waals surface area (Å²) in [5, 5.41) is 0. The molecule has 0 bridgehead atoms. The zero-order chi connectivity index (χ0) is 11.3. The molecule has 1 radical (unpaired) electrons. The molecule has 0 atom stereocenters. The number of H-pyrrole nitrogens is 1. The van der Waals surface area contributed by atoms with Crippen LogP contribution in [0.25, 0.3) is 0 Å². The number of imidazole rings is 1. The molecule has 0 unspecified atom stereocenters. The first kappa shape index (κ1) is 11.8. The van der Waals surface area contributed by atoms with Crippen LogP contribution in [0, 0.1) is 13.1 Å². The number of aromatic amines is 1. The fourth-order valence-electron chi connectivity index (χ4n) is 1.51. The third-order valence-corrected chi connectivity index (χ3v) is 2.40. The second-order valence-corrected chi connectivity index (χ2v) is 3.48. The van der Waals surface area contributed by atoms with Crippen LogP contribution in [-0.2, 0) is 11.2 Å². The van der Waals surface area contributed by atoms with E-state index in [9.17, 15) is 4.79 Å². The van der Waals surface area contributed by atoms with Gasteiger partial charge in [0.1, 0.15) is 12.0 Å². The fraction of sp³-hybridized carbons (Fsp3) is 0.636. The molecule has 1 amide bonds. The summed E-state index contributed by atoms with van der Waals surface area (Å²) in [6.45, 7) is 7.43. The largest absolute Gasteiger partial charge is 0.346 e. The molecule has 0 aromatic carbocycles. The Labute approximate surface area is 90.7 Å². The number of hydrogen-bond acceptors (Lipinski definition) is 2. The van der Waals surface area contributed by atoms with E-state index in [0.717, 1.165) is 24.6 Å². The van der Waals surface area contributed by atoms with Crippen molar-refractivity contribution < 1.29 is 4.79 Å². The normalized spacial score (nSPS) is 10.3. The van der Waals surface area contributed by atoms with Gasteiger partial charge in [0.2, 0.25) is 5.91 Å². The summed E-state index contributed by atoms with van der Waals surface area (Å²) in [5.74, 6) is 1.04. The smallest absolute Gasteiger partial charge is 0.222 e. The summed E-state index contributed by atoms with van der Waals surface area (Å²) >= 11 is 0. The molecule has 1 rings (SSSR count). The lowest BCUT2D eigenvalue weighted by atomic mass is 10.2. The maximum Gasteiger partial charge on any atom is 0.222 e. The van der Waals surface area contributed by atoms with E-state index in [0.29, 0.717) is 12.8 Å². The predicted molar refractivity (Wildman–Crippen MR) is 58.4 cm³/mol. The number of amides is 1. The first-order valence-electron chi connectivity index (χ1n) is 5.38. The summed E-state index contributed by atoms with van der Waals surface area (Å²) in [7, 11) is 0. The Bertz CT molecular complexity index is 315. The van der Waals surface area contributed by atoms with Crippen molar-refractivity contribution in [1.29, 1.82) is 0 Å². The molecule has 0 aliphatic carbocycles. The lowest BCUT2D eigenvalue weighted by Gasteiger charge is -2.18. The third-order valence-electron chi connectivity index (χ3n) is 2.40. The molecular weight excluding hydrogens is 190 g/mol. The van der Waals surface area contributed by atoms with E-state index in [1.54, 1.807) is 0 Å². The van der Waals surface area contributed by atoms with E-state index in [-0.39, 0.29) is 5.91 Å². The fourth-order valence-corrected chi connectivity index (χ4v) is 1.51. The Hall–Kier alpha value is -1.32. The van der Waals surface area contributed by atoms with Gasteiger partial charge in [-0.15, -0.1) is 0 Å². The highest BCUT2D eigenvalue weighted by Crippen LogP contribution is 2.02. The molecule has 0 spiro atoms. The van der Waals surface area contributed by atoms with Gasteiger partial charge in [0.15, 0.2) is 0 Å². The Balaban J connectivity index is 2.40. The minimum absolute atomic E-state index is 0.195. The highest BCUT2D eigenvalue weighted by atomic mass is 16.2. The van der Waals surface area contributed by atoms with E-state index in [4.69, 9.17) is 0 Å². The molecule has 1 N–H and O–H groups in total. The van der Waals surface area contributed by atoms with Crippen molar-refractivity contribution in [3.8, 4) is 0 Å². The zero-order valence-corrected chi connectivity index (χ0v) is 9.63. The zero-order valence-electron chi connectivity index (χ0n) is 9.63. The van der Waals surface area contributed by atoms with Crippen LogP contribution in [-0.4, -0.2) is 33.9 Å². The Morgan fingerprint density at radius 3 is 2.60 bits per heavy atom. The van der Waals surface area contributed by atoms with Gasteiger partial charge in [0.25, 0.3) is 0 Å². The molecule has 83 valence electrons. The number of carbonyl (C=O) groups is 1. The van der Waals surface area contributed by atoms with Gasteiger partial charge in [-0.05, 0) is 27.2 Å². The quantitative estimate of drug-likeness (QED) is 0.793. The minimum atomic E-state index is 0.195. The van der Waals surface area contributed by atoms with Crippen LogP contribution < -0.4 is 0 Å². The molecule has 0 aliphatic rings. The SMILES string of the molecule is CCN(CC)C(=O)CCc1[c]nc(C)[nH]1. The van der Waals surface area contributed by atoms with Crippen LogP contribution in [0.2, 0.25) is 0 Å². The van der Waals surface area contributed by atoms with Crippen molar-refractivity contribution in [3.05, 3.63) is 17.7 Å². The molecule has 1 aromatic heterocycles. The van der Waals surface area contributed by atoms with Gasteiger partial charge in [-0.1, -0.05) is 0 Å². The lowest BCUT2D eigenvalue weighted by molar-refractivity contribution is -0.130. The van der Waals surface area contributed by atoms with Gasteiger partial charge < -0.3 is 9.88 Å². The van der Waals surface area contributed by atoms with Crippen LogP contribution in [0.1, 0.15) is 31.8 Å². The second-order valence-electron chi connectivity index (χ2n) is 3.48. The molecule has 15 heavy (non-hydrogen) atoms. The Morgan fingerprint density at radius 1 is 1.47 bits per heavy atom. The van der Waals surface area contributed by atoms with Crippen molar-refractivity contribution in [2.24, 2.45) is 0 Å². The molecule has 4 heteroatoms. The summed E-state index contributed by atoms with van der Waals surface area (Å²) in [6, 6.07) is 0. The molecule has 0 saturated carbocycles. The van der Waals surface area contributed by atoms with E-state index < -0.39 is 0 Å². The summed E-state index contributed by atoms with van der Waals surface area (Å²) in [5.41, 5.74) is 0.910. The lowest BCUT2D eigenvalue weighted by Crippen LogP contribution is -2.30. The molecule has 1 heterocycles. The van der Waals surface area contributed by atoms with Gasteiger partial charge in [-0.25, -0.2) is 4.98 Å². The van der Waals surface area contributed by atoms with Crippen LogP contribution in [0.5, 0.6) is 0 Å². The van der Waals surface area contributed by atoms with Crippen LogP contribution in [0.4, 0.5) is 0 Å². The van der Waals surface area contributed by atoms with Crippen molar-refractivity contribution in [3.63, 3.8) is 0 Å². The molecule has 1 aromatic rings. The van der Waals surface area contributed by atoms with Gasteiger partial charge in [0, 0.05) is 25.2 Å². The molecule has 0 saturated heterocycles. The molecular formula is C11H18N3O. The van der Waals surface area contributed by atoms with Crippen molar-refractivity contribution in [2.45, 2.75) is 33.6 Å². The summed E-state index contributed by atoms with van der Waals surface area (Å²) < 4.78 is 0. The van der Waals surface area contributed by atoms with E-state index in [1.165, 1.54) is 0 Å². The van der Waals surface area contributed by atoms with Crippen LogP contribution in [0.15, 0.2) is 0 Å². The van der Waals surface area contributed by atoms with Crippen molar-refractivity contribution in [2.75, 3.05) is 13.1 Å². The van der Waals surface area contributed by atoms with E-state index in [1.807, 2.05) is 25.7 Å². The highest BCUT2D eigenvalue weighted by molar-refractivity contribution is 5.76. The topological polar surface area (TPSA) is 49.0 Å². The van der Waals surface area contributed by atoms with Crippen molar-refractivity contribution in [1.82, 2.24) is 14.9 Å². The third kappa shape index (κ3) is 3.38. The number of aromatic nitrogens is 2. The predicted octanol–water partition coefficient (Wildman–Crippen LogP) is 1.32. The Kier molecular flexibility index (Phi) is 4.34.